The molecule has 142 valence electrons. The fourth-order valence-electron chi connectivity index (χ4n) is 2.87. The van der Waals surface area contributed by atoms with Gasteiger partial charge in [0.1, 0.15) is 11.5 Å². The largest absolute Gasteiger partial charge is 0.493 e. The molecular formula is C21H18N2O4S. The van der Waals surface area contributed by atoms with Gasteiger partial charge in [0.2, 0.25) is 11.8 Å². The predicted molar refractivity (Wildman–Crippen MR) is 108 cm³/mol. The molecule has 2 aromatic carbocycles. The Hall–Kier alpha value is -3.32. The summed E-state index contributed by atoms with van der Waals surface area (Å²) < 4.78 is 11.6. The van der Waals surface area contributed by atoms with Gasteiger partial charge in [0.05, 0.1) is 17.2 Å². The lowest BCUT2D eigenvalue weighted by Crippen LogP contribution is -2.02. The van der Waals surface area contributed by atoms with Crippen molar-refractivity contribution in [2.75, 3.05) is 6.61 Å². The Bertz CT molecular complexity index is 1140. The summed E-state index contributed by atoms with van der Waals surface area (Å²) >= 11 is 0.960. The number of benzene rings is 2. The van der Waals surface area contributed by atoms with Crippen molar-refractivity contribution in [2.24, 2.45) is 0 Å². The number of aromatic hydroxyl groups is 1. The first-order valence-corrected chi connectivity index (χ1v) is 9.59. The van der Waals surface area contributed by atoms with Crippen molar-refractivity contribution in [3.8, 4) is 33.5 Å². The van der Waals surface area contributed by atoms with E-state index in [1.807, 2.05) is 55.5 Å². The van der Waals surface area contributed by atoms with Crippen molar-refractivity contribution in [1.29, 1.82) is 0 Å². The highest BCUT2D eigenvalue weighted by Crippen LogP contribution is 2.32. The molecule has 0 aliphatic rings. The van der Waals surface area contributed by atoms with Gasteiger partial charge in [0, 0.05) is 17.5 Å². The van der Waals surface area contributed by atoms with E-state index in [4.69, 9.17) is 9.15 Å². The minimum atomic E-state index is -0.297. The Kier molecular flexibility index (Phi) is 4.99. The zero-order chi connectivity index (χ0) is 19.5. The van der Waals surface area contributed by atoms with Crippen molar-refractivity contribution >= 4 is 11.3 Å². The van der Waals surface area contributed by atoms with Crippen molar-refractivity contribution in [2.45, 2.75) is 13.3 Å². The topological polar surface area (TPSA) is 88.4 Å². The minimum Gasteiger partial charge on any atom is -0.493 e. The van der Waals surface area contributed by atoms with Crippen LogP contribution in [-0.4, -0.2) is 21.7 Å². The van der Waals surface area contributed by atoms with E-state index >= 15 is 0 Å². The first-order valence-electron chi connectivity index (χ1n) is 8.77. The highest BCUT2D eigenvalue weighted by molar-refractivity contribution is 7.13. The molecule has 0 radical (unpaired) electrons. The Morgan fingerprint density at radius 2 is 1.93 bits per heavy atom. The number of hydrogen-bond donors (Lipinski definition) is 2. The van der Waals surface area contributed by atoms with Crippen molar-refractivity contribution < 1.29 is 14.3 Å². The zero-order valence-electron chi connectivity index (χ0n) is 15.1. The number of rotatable bonds is 6. The summed E-state index contributed by atoms with van der Waals surface area (Å²) in [6, 6.07) is 17.0. The number of oxazole rings is 1. The molecule has 0 unspecified atom stereocenters. The number of aromatic amines is 1. The Morgan fingerprint density at radius 3 is 2.68 bits per heavy atom. The number of hydrogen-bond acceptors (Lipinski definition) is 6. The summed E-state index contributed by atoms with van der Waals surface area (Å²) in [5.74, 6) is 1.91. The number of H-pyrrole nitrogens is 1. The molecule has 2 N–H and O–H groups in total. The third-order valence-electron chi connectivity index (χ3n) is 4.25. The standard InChI is InChI=1S/C21H18N2O4S/c1-13-17(22-20(27-13)14-6-3-2-4-7-14)10-11-26-16-9-5-8-15(12-16)18-19(24)23-21(25)28-18/h2-9,12,24H,10-11H2,1H3,(H,23,25). The first kappa shape index (κ1) is 18.1. The van der Waals surface area contributed by atoms with Crippen LogP contribution in [0.4, 0.5) is 0 Å². The summed E-state index contributed by atoms with van der Waals surface area (Å²) in [5, 5.41) is 9.82. The van der Waals surface area contributed by atoms with E-state index in [9.17, 15) is 9.90 Å². The summed E-state index contributed by atoms with van der Waals surface area (Å²) in [4.78, 5) is 18.5. The molecule has 0 saturated heterocycles. The Balaban J connectivity index is 1.43. The van der Waals surface area contributed by atoms with Crippen LogP contribution < -0.4 is 9.61 Å². The molecule has 2 aromatic heterocycles. The van der Waals surface area contributed by atoms with Crippen LogP contribution in [-0.2, 0) is 6.42 Å². The molecule has 0 amide bonds. The van der Waals surface area contributed by atoms with Crippen LogP contribution in [0.5, 0.6) is 11.6 Å². The van der Waals surface area contributed by atoms with Crippen molar-refractivity contribution in [1.82, 2.24) is 9.97 Å². The van der Waals surface area contributed by atoms with Crippen molar-refractivity contribution in [3.05, 3.63) is 75.7 Å². The summed E-state index contributed by atoms with van der Waals surface area (Å²) in [7, 11) is 0. The lowest BCUT2D eigenvalue weighted by Gasteiger charge is -2.07. The summed E-state index contributed by atoms with van der Waals surface area (Å²) in [6.45, 7) is 2.33. The molecular weight excluding hydrogens is 376 g/mol. The molecule has 0 atom stereocenters. The fraction of sp³-hybridized carbons (Fsp3) is 0.143. The molecule has 0 aliphatic carbocycles. The molecule has 0 aliphatic heterocycles. The Labute approximate surface area is 165 Å². The average molecular weight is 394 g/mol. The lowest BCUT2D eigenvalue weighted by atomic mass is 10.2. The van der Waals surface area contributed by atoms with Crippen LogP contribution in [0.2, 0.25) is 0 Å². The number of aryl methyl sites for hydroxylation is 1. The maximum absolute atomic E-state index is 11.4. The van der Waals surface area contributed by atoms with Crippen LogP contribution in [0, 0.1) is 6.92 Å². The highest BCUT2D eigenvalue weighted by Gasteiger charge is 2.12. The van der Waals surface area contributed by atoms with Crippen LogP contribution in [0.3, 0.4) is 0 Å². The monoisotopic (exact) mass is 394 g/mol. The molecule has 0 bridgehead atoms. The summed E-state index contributed by atoms with van der Waals surface area (Å²) in [5.41, 5.74) is 2.52. The van der Waals surface area contributed by atoms with Gasteiger partial charge >= 0.3 is 4.87 Å². The molecule has 0 saturated carbocycles. The second-order valence-electron chi connectivity index (χ2n) is 6.21. The minimum absolute atomic E-state index is 0.126. The smallest absolute Gasteiger partial charge is 0.307 e. The van der Waals surface area contributed by atoms with Crippen molar-refractivity contribution in [3.63, 3.8) is 0 Å². The number of thiazole rings is 1. The molecule has 28 heavy (non-hydrogen) atoms. The van der Waals surface area contributed by atoms with Gasteiger partial charge in [-0.25, -0.2) is 4.98 Å². The molecule has 4 aromatic rings. The van der Waals surface area contributed by atoms with E-state index in [-0.39, 0.29) is 10.8 Å². The third kappa shape index (κ3) is 3.84. The van der Waals surface area contributed by atoms with Gasteiger partial charge in [-0.15, -0.1) is 0 Å². The number of nitrogens with one attached hydrogen (secondary N) is 1. The quantitative estimate of drug-likeness (QED) is 0.506. The fourth-order valence-corrected chi connectivity index (χ4v) is 3.60. The maximum atomic E-state index is 11.4. The highest BCUT2D eigenvalue weighted by atomic mass is 32.1. The van der Waals surface area contributed by atoms with Crippen LogP contribution >= 0.6 is 11.3 Å². The zero-order valence-corrected chi connectivity index (χ0v) is 16.0. The number of nitrogens with zero attached hydrogens (tertiary/aromatic N) is 1. The van der Waals surface area contributed by atoms with E-state index in [2.05, 4.69) is 9.97 Å². The maximum Gasteiger partial charge on any atom is 0.307 e. The van der Waals surface area contributed by atoms with Gasteiger partial charge in [-0.1, -0.05) is 41.7 Å². The molecule has 2 heterocycles. The van der Waals surface area contributed by atoms with Crippen LogP contribution in [0.1, 0.15) is 11.5 Å². The van der Waals surface area contributed by atoms with Crippen LogP contribution in [0.15, 0.2) is 63.8 Å². The van der Waals surface area contributed by atoms with E-state index in [1.54, 1.807) is 6.07 Å². The lowest BCUT2D eigenvalue weighted by molar-refractivity contribution is 0.320. The Morgan fingerprint density at radius 1 is 1.14 bits per heavy atom. The SMILES string of the molecule is Cc1oc(-c2ccccc2)nc1CCOc1cccc(-c2sc(=O)[nH]c2O)c1. The summed E-state index contributed by atoms with van der Waals surface area (Å²) in [6.07, 6.45) is 0.606. The van der Waals surface area contributed by atoms with Gasteiger partial charge < -0.3 is 14.3 Å². The molecule has 0 fully saturated rings. The number of aromatic nitrogens is 2. The molecule has 4 rings (SSSR count). The second-order valence-corrected chi connectivity index (χ2v) is 7.19. The third-order valence-corrected chi connectivity index (χ3v) is 5.17. The second kappa shape index (κ2) is 7.74. The average Bonchev–Trinajstić information content (AvgIpc) is 3.24. The van der Waals surface area contributed by atoms with Gasteiger partial charge in [-0.2, -0.15) is 0 Å². The van der Waals surface area contributed by atoms with Gasteiger partial charge in [-0.05, 0) is 31.2 Å². The predicted octanol–water partition coefficient (Wildman–Crippen LogP) is 4.39. The number of ether oxygens (including phenoxy) is 1. The molecule has 7 heteroatoms. The first-order chi connectivity index (χ1) is 13.6. The molecule has 0 spiro atoms. The van der Waals surface area contributed by atoms with Gasteiger partial charge in [0.15, 0.2) is 0 Å². The van der Waals surface area contributed by atoms with Gasteiger partial charge in [0.25, 0.3) is 0 Å². The molecule has 6 nitrogen and oxygen atoms in total. The van der Waals surface area contributed by atoms with Crippen LogP contribution in [0.25, 0.3) is 21.9 Å². The van der Waals surface area contributed by atoms with E-state index in [0.29, 0.717) is 29.5 Å². The van der Waals surface area contributed by atoms with E-state index in [0.717, 1.165) is 33.9 Å². The van der Waals surface area contributed by atoms with E-state index in [1.165, 1.54) is 0 Å². The van der Waals surface area contributed by atoms with Gasteiger partial charge in [-0.3, -0.25) is 9.78 Å². The van der Waals surface area contributed by atoms with E-state index < -0.39 is 0 Å². The normalized spacial score (nSPS) is 10.9.